The summed E-state index contributed by atoms with van der Waals surface area (Å²) < 4.78 is 5.85. The lowest BCUT2D eigenvalue weighted by Crippen LogP contribution is -2.08. The fraction of sp³-hybridized carbons (Fsp3) is 0.190. The molecule has 0 saturated carbocycles. The highest BCUT2D eigenvalue weighted by molar-refractivity contribution is 5.83. The molecule has 0 spiro atoms. The van der Waals surface area contributed by atoms with E-state index in [0.29, 0.717) is 0 Å². The van der Waals surface area contributed by atoms with Crippen molar-refractivity contribution in [1.82, 2.24) is 4.98 Å². The van der Waals surface area contributed by atoms with Gasteiger partial charge in [-0.05, 0) is 36.1 Å². The van der Waals surface area contributed by atoms with Crippen molar-refractivity contribution >= 4 is 11.6 Å². The average molecular weight is 301 g/mol. The predicted molar refractivity (Wildman–Crippen MR) is 93.2 cm³/mol. The molecule has 2 aromatic carbocycles. The highest BCUT2D eigenvalue weighted by Gasteiger charge is 2.28. The van der Waals surface area contributed by atoms with E-state index in [9.17, 15) is 0 Å². The van der Waals surface area contributed by atoms with Gasteiger partial charge in [0.15, 0.2) is 11.7 Å². The van der Waals surface area contributed by atoms with Gasteiger partial charge in [0.1, 0.15) is 0 Å². The molecule has 0 saturated heterocycles. The summed E-state index contributed by atoms with van der Waals surface area (Å²) in [6.07, 6.45) is 3.10. The molecular formula is C21H19NO. The molecule has 0 fully saturated rings. The maximum Gasteiger partial charge on any atom is 0.192 e. The lowest BCUT2D eigenvalue weighted by atomic mass is 9.82. The number of fused-ring (bicyclic) bond motifs is 1. The molecule has 2 nitrogen and oxygen atoms in total. The third kappa shape index (κ3) is 2.61. The number of nitrogens with zero attached hydrogens (tertiary/aromatic N) is 1. The molecule has 1 aliphatic carbocycles. The lowest BCUT2D eigenvalue weighted by Gasteiger charge is -2.22. The first-order chi connectivity index (χ1) is 11.2. The predicted octanol–water partition coefficient (Wildman–Crippen LogP) is 5.37. The van der Waals surface area contributed by atoms with E-state index in [1.807, 2.05) is 13.0 Å². The number of rotatable bonds is 2. The van der Waals surface area contributed by atoms with Crippen molar-refractivity contribution < 1.29 is 4.42 Å². The van der Waals surface area contributed by atoms with E-state index in [1.54, 1.807) is 0 Å². The van der Waals surface area contributed by atoms with Gasteiger partial charge in [-0.1, -0.05) is 60.2 Å². The standard InChI is InChI=1S/C21H19NO/c1-14-8-10-17(11-9-14)19-12-18(16-6-4-3-5-7-16)13-20-21(19)22-15(2)23-20/h3-11,13,19H,12H2,1-2H3. The largest absolute Gasteiger partial charge is 0.441 e. The smallest absolute Gasteiger partial charge is 0.192 e. The van der Waals surface area contributed by atoms with Gasteiger partial charge in [0, 0.05) is 12.8 Å². The summed E-state index contributed by atoms with van der Waals surface area (Å²) in [5.41, 5.74) is 6.20. The van der Waals surface area contributed by atoms with Crippen LogP contribution in [0.3, 0.4) is 0 Å². The Kier molecular flexibility index (Phi) is 3.38. The first-order valence-electron chi connectivity index (χ1n) is 8.00. The van der Waals surface area contributed by atoms with Crippen LogP contribution in [0, 0.1) is 13.8 Å². The van der Waals surface area contributed by atoms with Crippen molar-refractivity contribution in [2.75, 3.05) is 0 Å². The van der Waals surface area contributed by atoms with E-state index in [0.717, 1.165) is 23.8 Å². The number of hydrogen-bond donors (Lipinski definition) is 0. The Hall–Kier alpha value is -2.61. The van der Waals surface area contributed by atoms with E-state index in [-0.39, 0.29) is 5.92 Å². The zero-order valence-electron chi connectivity index (χ0n) is 13.4. The minimum absolute atomic E-state index is 0.253. The molecule has 1 unspecified atom stereocenters. The Bertz CT molecular complexity index is 857. The number of oxazole rings is 1. The molecule has 0 aliphatic heterocycles. The highest BCUT2D eigenvalue weighted by Crippen LogP contribution is 2.41. The Balaban J connectivity index is 1.82. The van der Waals surface area contributed by atoms with Crippen LogP contribution in [0.5, 0.6) is 0 Å². The summed E-state index contributed by atoms with van der Waals surface area (Å²) in [6.45, 7) is 4.03. The van der Waals surface area contributed by atoms with Gasteiger partial charge in [0.25, 0.3) is 0 Å². The Morgan fingerprint density at radius 2 is 1.70 bits per heavy atom. The molecule has 0 N–H and O–H groups in total. The monoisotopic (exact) mass is 301 g/mol. The van der Waals surface area contributed by atoms with Gasteiger partial charge in [-0.25, -0.2) is 4.98 Å². The number of benzene rings is 2. The Labute approximate surface area is 136 Å². The van der Waals surface area contributed by atoms with E-state index >= 15 is 0 Å². The number of aryl methyl sites for hydroxylation is 2. The van der Waals surface area contributed by atoms with Gasteiger partial charge < -0.3 is 4.42 Å². The maximum absolute atomic E-state index is 5.85. The summed E-state index contributed by atoms with van der Waals surface area (Å²) in [7, 11) is 0. The second-order valence-corrected chi connectivity index (χ2v) is 6.19. The summed E-state index contributed by atoms with van der Waals surface area (Å²) >= 11 is 0. The molecule has 114 valence electrons. The lowest BCUT2D eigenvalue weighted by molar-refractivity contribution is 0.510. The topological polar surface area (TPSA) is 26.0 Å². The summed E-state index contributed by atoms with van der Waals surface area (Å²) in [4.78, 5) is 4.65. The fourth-order valence-corrected chi connectivity index (χ4v) is 3.27. The van der Waals surface area contributed by atoms with Crippen LogP contribution in [0.2, 0.25) is 0 Å². The van der Waals surface area contributed by atoms with Crippen LogP contribution in [0.15, 0.2) is 59.0 Å². The summed E-state index contributed by atoms with van der Waals surface area (Å²) in [5.74, 6) is 1.89. The van der Waals surface area contributed by atoms with Crippen LogP contribution in [-0.2, 0) is 0 Å². The average Bonchev–Trinajstić information content (AvgIpc) is 2.96. The molecule has 1 aromatic heterocycles. The molecule has 0 bridgehead atoms. The molecule has 2 heteroatoms. The molecule has 3 aromatic rings. The second-order valence-electron chi connectivity index (χ2n) is 6.19. The Morgan fingerprint density at radius 3 is 2.43 bits per heavy atom. The first-order valence-corrected chi connectivity index (χ1v) is 8.00. The van der Waals surface area contributed by atoms with Gasteiger partial charge in [0.05, 0.1) is 5.69 Å². The van der Waals surface area contributed by atoms with E-state index in [2.05, 4.69) is 66.5 Å². The summed E-state index contributed by atoms with van der Waals surface area (Å²) in [6, 6.07) is 19.3. The second kappa shape index (κ2) is 5.54. The van der Waals surface area contributed by atoms with E-state index < -0.39 is 0 Å². The molecule has 1 aliphatic rings. The molecule has 4 rings (SSSR count). The Morgan fingerprint density at radius 1 is 0.957 bits per heavy atom. The van der Waals surface area contributed by atoms with Crippen LogP contribution >= 0.6 is 0 Å². The van der Waals surface area contributed by atoms with Gasteiger partial charge in [0.2, 0.25) is 0 Å². The van der Waals surface area contributed by atoms with Crippen LogP contribution < -0.4 is 0 Å². The SMILES string of the molecule is Cc1ccc(C2CC(c3ccccc3)=Cc3oc(C)nc32)cc1. The molecule has 1 atom stereocenters. The van der Waals surface area contributed by atoms with Crippen molar-refractivity contribution in [2.24, 2.45) is 0 Å². The molecule has 0 amide bonds. The van der Waals surface area contributed by atoms with Crippen molar-refractivity contribution in [3.63, 3.8) is 0 Å². The van der Waals surface area contributed by atoms with Gasteiger partial charge >= 0.3 is 0 Å². The number of allylic oxidation sites excluding steroid dienone is 1. The molecule has 1 heterocycles. The van der Waals surface area contributed by atoms with Gasteiger partial charge in [-0.2, -0.15) is 0 Å². The minimum atomic E-state index is 0.253. The van der Waals surface area contributed by atoms with Crippen molar-refractivity contribution in [2.45, 2.75) is 26.2 Å². The zero-order chi connectivity index (χ0) is 15.8. The van der Waals surface area contributed by atoms with Gasteiger partial charge in [-0.3, -0.25) is 0 Å². The maximum atomic E-state index is 5.85. The molecule has 23 heavy (non-hydrogen) atoms. The normalized spacial score (nSPS) is 16.8. The third-order valence-corrected chi connectivity index (χ3v) is 4.47. The van der Waals surface area contributed by atoms with Gasteiger partial charge in [-0.15, -0.1) is 0 Å². The quantitative estimate of drug-likeness (QED) is 0.636. The van der Waals surface area contributed by atoms with E-state index in [4.69, 9.17) is 4.42 Å². The molecule has 0 radical (unpaired) electrons. The summed E-state index contributed by atoms with van der Waals surface area (Å²) in [5, 5.41) is 0. The number of hydrogen-bond acceptors (Lipinski definition) is 2. The third-order valence-electron chi connectivity index (χ3n) is 4.47. The van der Waals surface area contributed by atoms with Crippen LogP contribution in [0.25, 0.3) is 11.6 Å². The number of aromatic nitrogens is 1. The fourth-order valence-electron chi connectivity index (χ4n) is 3.27. The first kappa shape index (κ1) is 14.0. The van der Waals surface area contributed by atoms with Crippen molar-refractivity contribution in [3.05, 3.63) is 88.6 Å². The minimum Gasteiger partial charge on any atom is -0.441 e. The van der Waals surface area contributed by atoms with Crippen molar-refractivity contribution in [1.29, 1.82) is 0 Å². The van der Waals surface area contributed by atoms with Crippen LogP contribution in [-0.4, -0.2) is 4.98 Å². The van der Waals surface area contributed by atoms with Crippen LogP contribution in [0.4, 0.5) is 0 Å². The zero-order valence-corrected chi connectivity index (χ0v) is 13.4. The highest BCUT2D eigenvalue weighted by atomic mass is 16.4. The van der Waals surface area contributed by atoms with Crippen molar-refractivity contribution in [3.8, 4) is 0 Å². The molecular weight excluding hydrogens is 282 g/mol. The van der Waals surface area contributed by atoms with E-state index in [1.165, 1.54) is 22.3 Å². The van der Waals surface area contributed by atoms with Crippen LogP contribution in [0.1, 0.15) is 46.4 Å².